The highest BCUT2D eigenvalue weighted by Crippen LogP contribution is 2.24. The summed E-state index contributed by atoms with van der Waals surface area (Å²) in [4.78, 5) is 32.5. The van der Waals surface area contributed by atoms with Gasteiger partial charge >= 0.3 is 0 Å². The Morgan fingerprint density at radius 2 is 2.06 bits per heavy atom. The summed E-state index contributed by atoms with van der Waals surface area (Å²) in [5.41, 5.74) is 3.06. The van der Waals surface area contributed by atoms with Gasteiger partial charge in [-0.2, -0.15) is 20.1 Å². The number of hydrazine groups is 1. The Morgan fingerprint density at radius 1 is 1.39 bits per heavy atom. The number of anilines is 1. The van der Waals surface area contributed by atoms with Gasteiger partial charge in [-0.05, 0) is 24.8 Å². The van der Waals surface area contributed by atoms with Gasteiger partial charge in [0.2, 0.25) is 6.41 Å². The fourth-order valence-electron chi connectivity index (χ4n) is 2.49. The topological polar surface area (TPSA) is 132 Å². The summed E-state index contributed by atoms with van der Waals surface area (Å²) < 4.78 is 1.31. The van der Waals surface area contributed by atoms with E-state index in [9.17, 15) is 14.9 Å². The van der Waals surface area contributed by atoms with Crippen LogP contribution in [0.3, 0.4) is 0 Å². The Balaban J connectivity index is 2.16. The van der Waals surface area contributed by atoms with Gasteiger partial charge < -0.3 is 0 Å². The van der Waals surface area contributed by atoms with Crippen LogP contribution in [0.2, 0.25) is 0 Å². The first-order chi connectivity index (χ1) is 14.7. The summed E-state index contributed by atoms with van der Waals surface area (Å²) in [6.45, 7) is 8.23. The fraction of sp³-hybridized carbons (Fsp3) is 0.450. The Labute approximate surface area is 181 Å². The molecule has 11 heteroatoms. The molecule has 11 nitrogen and oxygen atoms in total. The highest BCUT2D eigenvalue weighted by atomic mass is 16.2. The first kappa shape index (κ1) is 23.5. The Kier molecular flexibility index (Phi) is 7.79. The van der Waals surface area contributed by atoms with E-state index in [2.05, 4.69) is 46.4 Å². The molecule has 0 unspecified atom stereocenters. The average molecular weight is 425 g/mol. The van der Waals surface area contributed by atoms with Crippen LogP contribution in [0.15, 0.2) is 29.8 Å². The number of hydrogen-bond donors (Lipinski definition) is 1. The highest BCUT2D eigenvalue weighted by Gasteiger charge is 2.22. The molecule has 0 bridgehead atoms. The third-order valence-electron chi connectivity index (χ3n) is 5.05. The van der Waals surface area contributed by atoms with Crippen molar-refractivity contribution >= 4 is 23.8 Å². The minimum atomic E-state index is -0.463. The third kappa shape index (κ3) is 5.85. The van der Waals surface area contributed by atoms with E-state index in [1.807, 2.05) is 6.07 Å². The molecule has 0 aliphatic carbocycles. The predicted octanol–water partition coefficient (Wildman–Crippen LogP) is 1.98. The fourth-order valence-corrected chi connectivity index (χ4v) is 2.49. The van der Waals surface area contributed by atoms with Gasteiger partial charge in [0.1, 0.15) is 17.3 Å². The normalized spacial score (nSPS) is 11.5. The van der Waals surface area contributed by atoms with Crippen molar-refractivity contribution in [3.8, 4) is 12.0 Å². The standard InChI is InChI=1S/C20H27N9O2/c1-6-20(3,4)8-11-28(14-30)27(5)18(31)15(2)25-26-17-16(12-21)13-24-29(17)19-22-9-7-10-23-19/h7,9-10,13-14,26H,6,8,11H2,1-5H3. The van der Waals surface area contributed by atoms with Crippen LogP contribution >= 0.6 is 0 Å². The second-order valence-electron chi connectivity index (χ2n) is 7.65. The van der Waals surface area contributed by atoms with Crippen LogP contribution < -0.4 is 5.43 Å². The average Bonchev–Trinajstić information content (AvgIpc) is 3.20. The van der Waals surface area contributed by atoms with Gasteiger partial charge in [-0.1, -0.05) is 27.2 Å². The smallest absolute Gasteiger partial charge is 0.277 e. The number of carbonyl (C=O) groups excluding carboxylic acids is 2. The molecular formula is C20H27N9O2. The molecule has 0 fully saturated rings. The van der Waals surface area contributed by atoms with E-state index >= 15 is 0 Å². The summed E-state index contributed by atoms with van der Waals surface area (Å²) in [6.07, 6.45) is 6.76. The number of hydrogen-bond acceptors (Lipinski definition) is 8. The van der Waals surface area contributed by atoms with Crippen LogP contribution in [0.4, 0.5) is 5.82 Å². The minimum Gasteiger partial charge on any atom is -0.277 e. The van der Waals surface area contributed by atoms with Gasteiger partial charge in [-0.15, -0.1) is 0 Å². The molecule has 0 atom stereocenters. The van der Waals surface area contributed by atoms with Gasteiger partial charge in [-0.3, -0.25) is 20.0 Å². The molecule has 0 saturated heterocycles. The maximum atomic E-state index is 12.7. The number of nitrogens with zero attached hydrogens (tertiary/aromatic N) is 8. The molecule has 1 N–H and O–H groups in total. The maximum absolute atomic E-state index is 12.7. The van der Waals surface area contributed by atoms with E-state index in [1.54, 1.807) is 18.5 Å². The molecule has 0 aliphatic rings. The molecule has 2 heterocycles. The van der Waals surface area contributed by atoms with E-state index in [-0.39, 0.29) is 28.5 Å². The Hall–Kier alpha value is -3.81. The highest BCUT2D eigenvalue weighted by molar-refractivity contribution is 6.37. The van der Waals surface area contributed by atoms with E-state index in [1.165, 1.54) is 34.9 Å². The number of carbonyl (C=O) groups is 2. The maximum Gasteiger partial charge on any atom is 0.288 e. The zero-order chi connectivity index (χ0) is 23.0. The van der Waals surface area contributed by atoms with Gasteiger partial charge in [-0.25, -0.2) is 15.0 Å². The van der Waals surface area contributed by atoms with Crippen molar-refractivity contribution in [1.29, 1.82) is 5.26 Å². The largest absolute Gasteiger partial charge is 0.288 e. The van der Waals surface area contributed by atoms with Crippen LogP contribution in [0.25, 0.3) is 5.95 Å². The predicted molar refractivity (Wildman–Crippen MR) is 115 cm³/mol. The van der Waals surface area contributed by atoms with Gasteiger partial charge in [0.25, 0.3) is 11.9 Å². The van der Waals surface area contributed by atoms with E-state index in [0.29, 0.717) is 13.0 Å². The van der Waals surface area contributed by atoms with Crippen LogP contribution in [-0.2, 0) is 9.59 Å². The molecule has 0 aromatic carbocycles. The Bertz CT molecular complexity index is 976. The first-order valence-corrected chi connectivity index (χ1v) is 9.79. The number of amides is 2. The number of aromatic nitrogens is 4. The van der Waals surface area contributed by atoms with Crippen LogP contribution in [0, 0.1) is 16.7 Å². The number of nitriles is 1. The van der Waals surface area contributed by atoms with Crippen molar-refractivity contribution in [2.45, 2.75) is 40.5 Å². The van der Waals surface area contributed by atoms with Gasteiger partial charge in [0, 0.05) is 26.0 Å². The lowest BCUT2D eigenvalue weighted by Gasteiger charge is -2.31. The van der Waals surface area contributed by atoms with Crippen molar-refractivity contribution in [3.05, 3.63) is 30.2 Å². The molecular weight excluding hydrogens is 398 g/mol. The van der Waals surface area contributed by atoms with Crippen LogP contribution in [0.1, 0.15) is 46.1 Å². The monoisotopic (exact) mass is 425 g/mol. The third-order valence-corrected chi connectivity index (χ3v) is 5.05. The number of rotatable bonds is 10. The number of hydrazone groups is 1. The SMILES string of the molecule is CCC(C)(C)CCN(C=O)N(C)C(=O)C(C)=NNc1c(C#N)cnn1-c1ncccn1. The minimum absolute atomic E-state index is 0.0570. The number of nitrogens with one attached hydrogen (secondary N) is 1. The van der Waals surface area contributed by atoms with Crippen molar-refractivity contribution in [1.82, 2.24) is 29.8 Å². The summed E-state index contributed by atoms with van der Waals surface area (Å²) in [5, 5.41) is 20.1. The summed E-state index contributed by atoms with van der Waals surface area (Å²) in [6, 6.07) is 3.66. The second-order valence-corrected chi connectivity index (χ2v) is 7.65. The van der Waals surface area contributed by atoms with Crippen molar-refractivity contribution in [2.24, 2.45) is 10.5 Å². The Morgan fingerprint density at radius 3 is 2.65 bits per heavy atom. The second kappa shape index (κ2) is 10.3. The van der Waals surface area contributed by atoms with Crippen LogP contribution in [-0.4, -0.2) is 61.4 Å². The summed E-state index contributed by atoms with van der Waals surface area (Å²) in [5.74, 6) is 0.00310. The first-order valence-electron chi connectivity index (χ1n) is 9.79. The molecule has 2 amide bonds. The van der Waals surface area contributed by atoms with Crippen LogP contribution in [0.5, 0.6) is 0 Å². The molecule has 0 saturated carbocycles. The van der Waals surface area contributed by atoms with Gasteiger partial charge in [0.15, 0.2) is 5.82 Å². The van der Waals surface area contributed by atoms with E-state index in [0.717, 1.165) is 12.8 Å². The lowest BCUT2D eigenvalue weighted by atomic mass is 9.86. The van der Waals surface area contributed by atoms with E-state index in [4.69, 9.17) is 0 Å². The molecule has 164 valence electrons. The van der Waals surface area contributed by atoms with E-state index < -0.39 is 5.91 Å². The lowest BCUT2D eigenvalue weighted by molar-refractivity contribution is -0.148. The van der Waals surface area contributed by atoms with Gasteiger partial charge in [0.05, 0.1) is 6.20 Å². The molecule has 0 radical (unpaired) electrons. The van der Waals surface area contributed by atoms with Crippen molar-refractivity contribution < 1.29 is 9.59 Å². The molecule has 2 rings (SSSR count). The molecule has 2 aromatic rings. The molecule has 31 heavy (non-hydrogen) atoms. The lowest BCUT2D eigenvalue weighted by Crippen LogP contribution is -2.46. The van der Waals surface area contributed by atoms with Crippen molar-refractivity contribution in [2.75, 3.05) is 19.0 Å². The zero-order valence-electron chi connectivity index (χ0n) is 18.4. The summed E-state index contributed by atoms with van der Waals surface area (Å²) in [7, 11) is 1.51. The molecule has 0 spiro atoms. The quantitative estimate of drug-likeness (QED) is 0.350. The molecule has 2 aromatic heterocycles. The summed E-state index contributed by atoms with van der Waals surface area (Å²) >= 11 is 0. The van der Waals surface area contributed by atoms with Crippen molar-refractivity contribution in [3.63, 3.8) is 0 Å². The molecule has 0 aliphatic heterocycles. The zero-order valence-corrected chi connectivity index (χ0v) is 18.4.